The third-order valence-corrected chi connectivity index (χ3v) is 11.0. The maximum Gasteiger partial charge on any atom is 0.160 e. The van der Waals surface area contributed by atoms with Crippen molar-refractivity contribution in [3.8, 4) is 33.4 Å². The van der Waals surface area contributed by atoms with Gasteiger partial charge in [0.25, 0.3) is 0 Å². The normalized spacial score (nSPS) is 11.5. The standard InChI is InChI=1S/C48H31NOS/c1-3-12-32(13-4-1)33-22-26-36(27-23-33)49(37-28-24-35(25-29-37)38-18-11-21-45-46(38)42-17-8-10-20-44(42)51-45)47-39(34-14-5-2-6-15-34)30-31-41-40-16-7-9-19-43(40)50-48(41)47/h1-31H. The van der Waals surface area contributed by atoms with Gasteiger partial charge in [0.05, 0.1) is 5.69 Å². The van der Waals surface area contributed by atoms with E-state index in [1.807, 2.05) is 17.4 Å². The molecule has 0 radical (unpaired) electrons. The summed E-state index contributed by atoms with van der Waals surface area (Å²) in [6, 6.07) is 67.3. The molecule has 0 aliphatic heterocycles. The van der Waals surface area contributed by atoms with Gasteiger partial charge >= 0.3 is 0 Å². The highest BCUT2D eigenvalue weighted by molar-refractivity contribution is 7.25. The molecule has 0 aliphatic rings. The summed E-state index contributed by atoms with van der Waals surface area (Å²) in [5.74, 6) is 0. The molecule has 51 heavy (non-hydrogen) atoms. The molecular formula is C48H31NOS. The number of furan rings is 1. The topological polar surface area (TPSA) is 16.4 Å². The number of anilines is 3. The van der Waals surface area contributed by atoms with Crippen molar-refractivity contribution in [2.45, 2.75) is 0 Å². The summed E-state index contributed by atoms with van der Waals surface area (Å²) < 4.78 is 9.42. The first-order chi connectivity index (χ1) is 25.3. The fourth-order valence-corrected chi connectivity index (χ4v) is 8.63. The Balaban J connectivity index is 1.20. The van der Waals surface area contributed by atoms with Crippen molar-refractivity contribution < 1.29 is 4.42 Å². The van der Waals surface area contributed by atoms with Gasteiger partial charge in [0.1, 0.15) is 5.58 Å². The van der Waals surface area contributed by atoms with Gasteiger partial charge in [-0.25, -0.2) is 0 Å². The predicted octanol–water partition coefficient (Wildman–Crippen LogP) is 14.4. The molecule has 0 unspecified atom stereocenters. The van der Waals surface area contributed by atoms with E-state index in [9.17, 15) is 0 Å². The fourth-order valence-electron chi connectivity index (χ4n) is 7.49. The summed E-state index contributed by atoms with van der Waals surface area (Å²) in [5.41, 5.74) is 11.9. The van der Waals surface area contributed by atoms with Gasteiger partial charge in [-0.1, -0.05) is 140 Å². The molecule has 0 amide bonds. The molecule has 2 nitrogen and oxygen atoms in total. The van der Waals surface area contributed by atoms with Crippen molar-refractivity contribution in [3.63, 3.8) is 0 Å². The van der Waals surface area contributed by atoms with Crippen LogP contribution in [-0.2, 0) is 0 Å². The van der Waals surface area contributed by atoms with Crippen molar-refractivity contribution in [1.29, 1.82) is 0 Å². The lowest BCUT2D eigenvalue weighted by Crippen LogP contribution is -2.11. The second-order valence-corrected chi connectivity index (χ2v) is 14.0. The molecule has 0 saturated carbocycles. The molecule has 0 bridgehead atoms. The lowest BCUT2D eigenvalue weighted by Gasteiger charge is -2.28. The Kier molecular flexibility index (Phi) is 7.04. The van der Waals surface area contributed by atoms with Gasteiger partial charge in [0.15, 0.2) is 5.58 Å². The second-order valence-electron chi connectivity index (χ2n) is 12.9. The lowest BCUT2D eigenvalue weighted by molar-refractivity contribution is 0.669. The Bertz CT molecular complexity index is 2830. The quantitative estimate of drug-likeness (QED) is 0.175. The van der Waals surface area contributed by atoms with E-state index in [1.54, 1.807) is 0 Å². The van der Waals surface area contributed by atoms with E-state index in [2.05, 4.69) is 187 Å². The van der Waals surface area contributed by atoms with E-state index in [1.165, 1.54) is 42.4 Å². The van der Waals surface area contributed by atoms with Crippen LogP contribution in [0.5, 0.6) is 0 Å². The van der Waals surface area contributed by atoms with E-state index in [4.69, 9.17) is 4.42 Å². The minimum Gasteiger partial charge on any atom is -0.454 e. The lowest BCUT2D eigenvalue weighted by atomic mass is 9.97. The fraction of sp³-hybridized carbons (Fsp3) is 0. The molecule has 0 aliphatic carbocycles. The molecule has 0 spiro atoms. The zero-order valence-electron chi connectivity index (χ0n) is 27.7. The predicted molar refractivity (Wildman–Crippen MR) is 218 cm³/mol. The molecule has 2 aromatic heterocycles. The van der Waals surface area contributed by atoms with Crippen LogP contribution in [0.15, 0.2) is 192 Å². The summed E-state index contributed by atoms with van der Waals surface area (Å²) in [7, 11) is 0. The number of fused-ring (bicyclic) bond motifs is 6. The Morgan fingerprint density at radius 2 is 0.941 bits per heavy atom. The Hall–Kier alpha value is -6.42. The minimum absolute atomic E-state index is 0.864. The van der Waals surface area contributed by atoms with E-state index in [-0.39, 0.29) is 0 Å². The number of hydrogen-bond donors (Lipinski definition) is 0. The third kappa shape index (κ3) is 5.01. The molecule has 8 aromatic carbocycles. The van der Waals surface area contributed by atoms with E-state index in [0.717, 1.165) is 50.1 Å². The van der Waals surface area contributed by atoms with Crippen molar-refractivity contribution in [2.75, 3.05) is 4.90 Å². The average molecular weight is 670 g/mol. The number of para-hydroxylation sites is 1. The van der Waals surface area contributed by atoms with Gasteiger partial charge in [-0.15, -0.1) is 11.3 Å². The maximum atomic E-state index is 6.80. The number of benzene rings is 8. The number of nitrogens with zero attached hydrogens (tertiary/aromatic N) is 1. The highest BCUT2D eigenvalue weighted by Crippen LogP contribution is 2.48. The first-order valence-corrected chi connectivity index (χ1v) is 18.1. The second kappa shape index (κ2) is 12.2. The first-order valence-electron chi connectivity index (χ1n) is 17.3. The molecule has 0 N–H and O–H groups in total. The van der Waals surface area contributed by atoms with Crippen LogP contribution >= 0.6 is 11.3 Å². The van der Waals surface area contributed by atoms with Crippen molar-refractivity contribution in [1.82, 2.24) is 0 Å². The number of rotatable bonds is 6. The smallest absolute Gasteiger partial charge is 0.160 e. The molecule has 0 atom stereocenters. The summed E-state index contributed by atoms with van der Waals surface area (Å²) in [5, 5.41) is 4.83. The van der Waals surface area contributed by atoms with Gasteiger partial charge in [-0.3, -0.25) is 0 Å². The Morgan fingerprint density at radius 3 is 1.69 bits per heavy atom. The minimum atomic E-state index is 0.864. The first kappa shape index (κ1) is 29.5. The van der Waals surface area contributed by atoms with Crippen LogP contribution in [-0.4, -0.2) is 0 Å². The van der Waals surface area contributed by atoms with Crippen molar-refractivity contribution in [2.24, 2.45) is 0 Å². The van der Waals surface area contributed by atoms with Crippen molar-refractivity contribution >= 4 is 70.5 Å². The highest BCUT2D eigenvalue weighted by Gasteiger charge is 2.24. The molecule has 240 valence electrons. The number of thiophene rings is 1. The zero-order chi connectivity index (χ0) is 33.7. The van der Waals surface area contributed by atoms with Gasteiger partial charge < -0.3 is 9.32 Å². The van der Waals surface area contributed by atoms with Crippen LogP contribution < -0.4 is 4.90 Å². The largest absolute Gasteiger partial charge is 0.454 e. The molecule has 2 heterocycles. The summed E-state index contributed by atoms with van der Waals surface area (Å²) >= 11 is 1.86. The van der Waals surface area contributed by atoms with Crippen LogP contribution in [0.1, 0.15) is 0 Å². The van der Waals surface area contributed by atoms with Crippen molar-refractivity contribution in [3.05, 3.63) is 188 Å². The highest BCUT2D eigenvalue weighted by atomic mass is 32.1. The Morgan fingerprint density at radius 1 is 0.373 bits per heavy atom. The van der Waals surface area contributed by atoms with Crippen LogP contribution in [0.2, 0.25) is 0 Å². The molecule has 10 rings (SSSR count). The summed E-state index contributed by atoms with van der Waals surface area (Å²) in [6.45, 7) is 0. The van der Waals surface area contributed by atoms with E-state index < -0.39 is 0 Å². The summed E-state index contributed by atoms with van der Waals surface area (Å²) in [6.07, 6.45) is 0. The van der Waals surface area contributed by atoms with Crippen LogP contribution in [0.3, 0.4) is 0 Å². The summed E-state index contributed by atoms with van der Waals surface area (Å²) in [4.78, 5) is 2.37. The van der Waals surface area contributed by atoms with E-state index >= 15 is 0 Å². The maximum absolute atomic E-state index is 6.80. The SMILES string of the molecule is c1ccc(-c2ccc(N(c3ccc(-c4cccc5sc6ccccc6c45)cc3)c3c(-c4ccccc4)ccc4c3oc3ccccc34)cc2)cc1. The van der Waals surface area contributed by atoms with E-state index in [0.29, 0.717) is 0 Å². The van der Waals surface area contributed by atoms with Gasteiger partial charge in [0.2, 0.25) is 0 Å². The molecule has 3 heteroatoms. The number of hydrogen-bond acceptors (Lipinski definition) is 3. The molecular weight excluding hydrogens is 639 g/mol. The van der Waals surface area contributed by atoms with Gasteiger partial charge in [-0.05, 0) is 76.3 Å². The van der Waals surface area contributed by atoms with Crippen LogP contribution in [0.25, 0.3) is 75.5 Å². The molecule has 0 fully saturated rings. The Labute approximate surface area is 300 Å². The molecule has 0 saturated heterocycles. The van der Waals surface area contributed by atoms with Gasteiger partial charge in [-0.2, -0.15) is 0 Å². The third-order valence-electron chi connectivity index (χ3n) is 9.90. The average Bonchev–Trinajstić information content (AvgIpc) is 3.78. The van der Waals surface area contributed by atoms with Gasteiger partial charge in [0, 0.05) is 47.9 Å². The monoisotopic (exact) mass is 669 g/mol. The van der Waals surface area contributed by atoms with Crippen LogP contribution in [0.4, 0.5) is 17.1 Å². The van der Waals surface area contributed by atoms with Crippen LogP contribution in [0, 0.1) is 0 Å². The molecule has 10 aromatic rings. The zero-order valence-corrected chi connectivity index (χ0v) is 28.5.